The minimum Gasteiger partial charge on any atom is -0.481 e. The Morgan fingerprint density at radius 3 is 2.85 bits per heavy atom. The Hall–Kier alpha value is -2.37. The fourth-order valence-corrected chi connectivity index (χ4v) is 2.82. The number of carboxylic acids is 1. The van der Waals surface area contributed by atoms with Gasteiger partial charge in [-0.3, -0.25) is 14.7 Å². The van der Waals surface area contributed by atoms with E-state index in [0.29, 0.717) is 18.7 Å². The molecule has 1 amide bonds. The molecule has 0 aliphatic carbocycles. The van der Waals surface area contributed by atoms with Gasteiger partial charge >= 0.3 is 5.97 Å². The van der Waals surface area contributed by atoms with Crippen molar-refractivity contribution >= 4 is 22.8 Å². The van der Waals surface area contributed by atoms with Crippen LogP contribution in [-0.4, -0.2) is 44.7 Å². The van der Waals surface area contributed by atoms with Gasteiger partial charge in [-0.25, -0.2) is 0 Å². The van der Waals surface area contributed by atoms with Crippen LogP contribution in [0.2, 0.25) is 0 Å². The largest absolute Gasteiger partial charge is 0.481 e. The second kappa shape index (κ2) is 4.63. The predicted molar refractivity (Wildman–Crippen MR) is 72.3 cm³/mol. The summed E-state index contributed by atoms with van der Waals surface area (Å²) in [7, 11) is 0. The molecule has 3 rings (SSSR count). The summed E-state index contributed by atoms with van der Waals surface area (Å²) in [4.78, 5) is 25.3. The Labute approximate surface area is 115 Å². The van der Waals surface area contributed by atoms with Crippen LogP contribution in [0, 0.1) is 5.92 Å². The molecule has 1 fully saturated rings. The Kier molecular flexibility index (Phi) is 2.93. The number of aromatic nitrogens is 2. The summed E-state index contributed by atoms with van der Waals surface area (Å²) in [5.74, 6) is -1.55. The van der Waals surface area contributed by atoms with Gasteiger partial charge in [0.2, 0.25) is 0 Å². The molecule has 1 aliphatic heterocycles. The normalized spacial score (nSPS) is 22.4. The summed E-state index contributed by atoms with van der Waals surface area (Å²) in [6.45, 7) is 2.23. The number of hydrogen-bond acceptors (Lipinski definition) is 3. The highest BCUT2D eigenvalue weighted by molar-refractivity contribution is 6.05. The number of carbonyl (C=O) groups is 2. The number of H-pyrrole nitrogens is 1. The molecule has 6 heteroatoms. The van der Waals surface area contributed by atoms with E-state index in [-0.39, 0.29) is 11.9 Å². The number of aromatic amines is 1. The first kappa shape index (κ1) is 12.7. The van der Waals surface area contributed by atoms with E-state index in [4.69, 9.17) is 5.11 Å². The van der Waals surface area contributed by atoms with Gasteiger partial charge in [0.25, 0.3) is 5.91 Å². The smallest absolute Gasteiger partial charge is 0.308 e. The summed E-state index contributed by atoms with van der Waals surface area (Å²) in [6, 6.07) is 7.10. The van der Waals surface area contributed by atoms with E-state index in [1.54, 1.807) is 11.8 Å². The molecule has 2 aromatic rings. The molecule has 0 saturated carbocycles. The van der Waals surface area contributed by atoms with E-state index in [9.17, 15) is 9.59 Å². The quantitative estimate of drug-likeness (QED) is 0.868. The van der Waals surface area contributed by atoms with Crippen LogP contribution in [0.15, 0.2) is 24.3 Å². The second-order valence-corrected chi connectivity index (χ2v) is 5.09. The van der Waals surface area contributed by atoms with Gasteiger partial charge in [0.1, 0.15) is 0 Å². The number of nitrogens with zero attached hydrogens (tertiary/aromatic N) is 2. The number of benzene rings is 1. The molecule has 1 aromatic heterocycles. The van der Waals surface area contributed by atoms with Crippen LogP contribution in [0.1, 0.15) is 23.8 Å². The molecule has 20 heavy (non-hydrogen) atoms. The summed E-state index contributed by atoms with van der Waals surface area (Å²) in [6.07, 6.45) is 0.491. The lowest BCUT2D eigenvalue weighted by Crippen LogP contribution is -2.37. The van der Waals surface area contributed by atoms with Gasteiger partial charge in [-0.1, -0.05) is 18.2 Å². The predicted octanol–water partition coefficient (Wildman–Crippen LogP) is 1.50. The number of carboxylic acid groups (broad SMARTS) is 1. The van der Waals surface area contributed by atoms with Gasteiger partial charge in [0, 0.05) is 18.0 Å². The lowest BCUT2D eigenvalue weighted by molar-refractivity contribution is -0.142. The van der Waals surface area contributed by atoms with E-state index < -0.39 is 11.9 Å². The minimum absolute atomic E-state index is 0.210. The lowest BCUT2D eigenvalue weighted by Gasteiger charge is -2.22. The summed E-state index contributed by atoms with van der Waals surface area (Å²) in [5.41, 5.74) is 1.16. The Bertz CT molecular complexity index is 679. The Morgan fingerprint density at radius 1 is 1.40 bits per heavy atom. The standard InChI is InChI=1S/C14H15N3O3/c1-8-9(14(19)20)6-7-17(8)13(18)12-10-4-2-3-5-11(10)15-16-12/h2-5,8-9H,6-7H2,1H3,(H,15,16)(H,19,20). The first-order valence-corrected chi connectivity index (χ1v) is 6.56. The highest BCUT2D eigenvalue weighted by Gasteiger charge is 2.39. The number of amides is 1. The van der Waals surface area contributed by atoms with Crippen molar-refractivity contribution in [3.8, 4) is 0 Å². The first-order chi connectivity index (χ1) is 9.59. The van der Waals surface area contributed by atoms with Crippen LogP contribution in [0.25, 0.3) is 10.9 Å². The van der Waals surface area contributed by atoms with Crippen molar-refractivity contribution in [3.63, 3.8) is 0 Å². The maximum atomic E-state index is 12.6. The fraction of sp³-hybridized carbons (Fsp3) is 0.357. The van der Waals surface area contributed by atoms with Crippen molar-refractivity contribution in [2.75, 3.05) is 6.54 Å². The molecule has 2 unspecified atom stereocenters. The van der Waals surface area contributed by atoms with Crippen LogP contribution in [0.3, 0.4) is 0 Å². The third-order valence-corrected chi connectivity index (χ3v) is 4.01. The topological polar surface area (TPSA) is 86.3 Å². The molecule has 2 atom stereocenters. The zero-order valence-corrected chi connectivity index (χ0v) is 11.0. The lowest BCUT2D eigenvalue weighted by atomic mass is 10.0. The van der Waals surface area contributed by atoms with Gasteiger partial charge in [-0.15, -0.1) is 0 Å². The summed E-state index contributed by atoms with van der Waals surface area (Å²) < 4.78 is 0. The highest BCUT2D eigenvalue weighted by atomic mass is 16.4. The zero-order chi connectivity index (χ0) is 14.3. The van der Waals surface area contributed by atoms with E-state index in [1.807, 2.05) is 24.3 Å². The Morgan fingerprint density at radius 2 is 2.15 bits per heavy atom. The van der Waals surface area contributed by atoms with Crippen molar-refractivity contribution in [3.05, 3.63) is 30.0 Å². The van der Waals surface area contributed by atoms with Crippen LogP contribution < -0.4 is 0 Å². The number of hydrogen-bond donors (Lipinski definition) is 2. The second-order valence-electron chi connectivity index (χ2n) is 5.09. The minimum atomic E-state index is -0.848. The number of fused-ring (bicyclic) bond motifs is 1. The van der Waals surface area contributed by atoms with Crippen molar-refractivity contribution in [2.24, 2.45) is 5.92 Å². The molecule has 0 bridgehead atoms. The average molecular weight is 273 g/mol. The van der Waals surface area contributed by atoms with Gasteiger partial charge in [0.05, 0.1) is 11.4 Å². The highest BCUT2D eigenvalue weighted by Crippen LogP contribution is 2.27. The maximum absolute atomic E-state index is 12.6. The first-order valence-electron chi connectivity index (χ1n) is 6.56. The SMILES string of the molecule is CC1C(C(=O)O)CCN1C(=O)c1n[nH]c2ccccc12. The molecule has 1 saturated heterocycles. The van der Waals surface area contributed by atoms with E-state index in [1.165, 1.54) is 0 Å². The number of nitrogens with one attached hydrogen (secondary N) is 1. The summed E-state index contributed by atoms with van der Waals surface area (Å²) >= 11 is 0. The number of aliphatic carboxylic acids is 1. The summed E-state index contributed by atoms with van der Waals surface area (Å²) in [5, 5.41) is 16.8. The molecule has 0 radical (unpaired) electrons. The number of rotatable bonds is 2. The van der Waals surface area contributed by atoms with Gasteiger partial charge in [-0.2, -0.15) is 5.10 Å². The van der Waals surface area contributed by atoms with Gasteiger partial charge < -0.3 is 10.0 Å². The monoisotopic (exact) mass is 273 g/mol. The van der Waals surface area contributed by atoms with Crippen LogP contribution in [0.4, 0.5) is 0 Å². The van der Waals surface area contributed by atoms with E-state index >= 15 is 0 Å². The molecule has 6 nitrogen and oxygen atoms in total. The van der Waals surface area contributed by atoms with E-state index in [2.05, 4.69) is 10.2 Å². The molecule has 2 heterocycles. The molecular weight excluding hydrogens is 258 g/mol. The van der Waals surface area contributed by atoms with Crippen molar-refractivity contribution in [1.82, 2.24) is 15.1 Å². The van der Waals surface area contributed by atoms with E-state index in [0.717, 1.165) is 10.9 Å². The maximum Gasteiger partial charge on any atom is 0.308 e. The van der Waals surface area contributed by atoms with Crippen LogP contribution >= 0.6 is 0 Å². The van der Waals surface area contributed by atoms with Gasteiger partial charge in [-0.05, 0) is 19.4 Å². The van der Waals surface area contributed by atoms with Crippen molar-refractivity contribution in [2.45, 2.75) is 19.4 Å². The van der Waals surface area contributed by atoms with Crippen LogP contribution in [0.5, 0.6) is 0 Å². The third kappa shape index (κ3) is 1.84. The van der Waals surface area contributed by atoms with Crippen LogP contribution in [-0.2, 0) is 4.79 Å². The number of carbonyl (C=O) groups excluding carboxylic acids is 1. The Balaban J connectivity index is 1.92. The number of likely N-dealkylation sites (tertiary alicyclic amines) is 1. The molecule has 1 aromatic carbocycles. The van der Waals surface area contributed by atoms with Crippen molar-refractivity contribution in [1.29, 1.82) is 0 Å². The zero-order valence-electron chi connectivity index (χ0n) is 11.0. The molecule has 1 aliphatic rings. The third-order valence-electron chi connectivity index (χ3n) is 4.01. The molecular formula is C14H15N3O3. The van der Waals surface area contributed by atoms with Gasteiger partial charge in [0.15, 0.2) is 5.69 Å². The molecule has 0 spiro atoms. The molecule has 2 N–H and O–H groups in total. The average Bonchev–Trinajstić information content (AvgIpc) is 3.01. The fourth-order valence-electron chi connectivity index (χ4n) is 2.82. The van der Waals surface area contributed by atoms with Crippen molar-refractivity contribution < 1.29 is 14.7 Å². The number of para-hydroxylation sites is 1. The molecule has 104 valence electrons.